The standard InChI is InChI=1S/C25H28Cl3FN2O2S/c1-2-23(25(33)30-17-6-3-4-7-17)31(13-16-10-11-20(27)21(28)12-16)24(32)15-34-14-18-19(26)8-5-9-22(18)29/h5,8-12,17,23H,2-4,6-7,13-15H2,1H3,(H,30,33)/t23-/m0/s1. The van der Waals surface area contributed by atoms with Gasteiger partial charge in [-0.1, -0.05) is 66.7 Å². The van der Waals surface area contributed by atoms with Gasteiger partial charge in [0.2, 0.25) is 11.8 Å². The number of nitrogens with zero attached hydrogens (tertiary/aromatic N) is 1. The maximum absolute atomic E-state index is 14.1. The Morgan fingerprint density at radius 3 is 2.50 bits per heavy atom. The molecule has 2 aromatic rings. The number of thioether (sulfide) groups is 1. The fraction of sp³-hybridized carbons (Fsp3) is 0.440. The predicted octanol–water partition coefficient (Wildman–Crippen LogP) is 6.89. The van der Waals surface area contributed by atoms with Crippen LogP contribution in [-0.2, 0) is 21.9 Å². The lowest BCUT2D eigenvalue weighted by atomic mass is 10.1. The van der Waals surface area contributed by atoms with E-state index in [0.717, 1.165) is 31.2 Å². The van der Waals surface area contributed by atoms with Crippen LogP contribution in [0.4, 0.5) is 4.39 Å². The Morgan fingerprint density at radius 1 is 1.12 bits per heavy atom. The fourth-order valence-corrected chi connectivity index (χ4v) is 5.69. The Kier molecular flexibility index (Phi) is 10.4. The van der Waals surface area contributed by atoms with Crippen LogP contribution in [0.3, 0.4) is 0 Å². The summed E-state index contributed by atoms with van der Waals surface area (Å²) in [5.74, 6) is -0.424. The summed E-state index contributed by atoms with van der Waals surface area (Å²) in [6.45, 7) is 2.10. The molecule has 0 bridgehead atoms. The van der Waals surface area contributed by atoms with E-state index in [9.17, 15) is 14.0 Å². The second kappa shape index (κ2) is 13.0. The minimum atomic E-state index is -0.625. The number of carbonyl (C=O) groups is 2. The fourth-order valence-electron chi connectivity index (χ4n) is 4.12. The lowest BCUT2D eigenvalue weighted by molar-refractivity contribution is -0.139. The number of benzene rings is 2. The first-order valence-electron chi connectivity index (χ1n) is 11.3. The van der Waals surface area contributed by atoms with Gasteiger partial charge < -0.3 is 10.2 Å². The van der Waals surface area contributed by atoms with Crippen LogP contribution < -0.4 is 5.32 Å². The van der Waals surface area contributed by atoms with Crippen molar-refractivity contribution in [3.8, 4) is 0 Å². The summed E-state index contributed by atoms with van der Waals surface area (Å²) < 4.78 is 14.1. The normalized spacial score (nSPS) is 14.7. The van der Waals surface area contributed by atoms with Crippen molar-refractivity contribution < 1.29 is 14.0 Å². The molecule has 0 unspecified atom stereocenters. The van der Waals surface area contributed by atoms with Gasteiger partial charge in [-0.05, 0) is 49.1 Å². The maximum Gasteiger partial charge on any atom is 0.243 e. The molecule has 2 aromatic carbocycles. The van der Waals surface area contributed by atoms with Crippen molar-refractivity contribution in [3.05, 3.63) is 68.4 Å². The first kappa shape index (κ1) is 27.1. The summed E-state index contributed by atoms with van der Waals surface area (Å²) in [6.07, 6.45) is 4.59. The van der Waals surface area contributed by atoms with E-state index in [2.05, 4.69) is 5.32 Å². The first-order valence-corrected chi connectivity index (χ1v) is 13.6. The van der Waals surface area contributed by atoms with Gasteiger partial charge in [-0.25, -0.2) is 4.39 Å². The molecule has 1 atom stereocenters. The predicted molar refractivity (Wildman–Crippen MR) is 139 cm³/mol. The zero-order valence-corrected chi connectivity index (χ0v) is 22.0. The molecule has 0 aliphatic heterocycles. The molecule has 184 valence electrons. The highest BCUT2D eigenvalue weighted by atomic mass is 35.5. The molecular weight excluding hydrogens is 518 g/mol. The van der Waals surface area contributed by atoms with Crippen molar-refractivity contribution in [1.82, 2.24) is 10.2 Å². The Hall–Kier alpha value is -1.47. The topological polar surface area (TPSA) is 49.4 Å². The van der Waals surface area contributed by atoms with Crippen molar-refractivity contribution in [2.45, 2.75) is 63.4 Å². The van der Waals surface area contributed by atoms with E-state index in [4.69, 9.17) is 34.8 Å². The molecule has 1 aliphatic rings. The molecule has 4 nitrogen and oxygen atoms in total. The number of halogens is 4. The molecule has 0 spiro atoms. The van der Waals surface area contributed by atoms with Crippen molar-refractivity contribution in [2.75, 3.05) is 5.75 Å². The van der Waals surface area contributed by atoms with Crippen molar-refractivity contribution in [2.24, 2.45) is 0 Å². The molecule has 1 aliphatic carbocycles. The van der Waals surface area contributed by atoms with Crippen molar-refractivity contribution in [3.63, 3.8) is 0 Å². The summed E-state index contributed by atoms with van der Waals surface area (Å²) >= 11 is 19.6. The third kappa shape index (κ3) is 7.27. The van der Waals surface area contributed by atoms with E-state index in [0.29, 0.717) is 27.1 Å². The van der Waals surface area contributed by atoms with Gasteiger partial charge in [-0.15, -0.1) is 11.8 Å². The summed E-state index contributed by atoms with van der Waals surface area (Å²) in [5.41, 5.74) is 1.14. The van der Waals surface area contributed by atoms with Gasteiger partial charge in [0.25, 0.3) is 0 Å². The minimum Gasteiger partial charge on any atom is -0.352 e. The molecule has 0 aromatic heterocycles. The Labute approximate surface area is 219 Å². The maximum atomic E-state index is 14.1. The highest BCUT2D eigenvalue weighted by molar-refractivity contribution is 7.99. The summed E-state index contributed by atoms with van der Waals surface area (Å²) in [7, 11) is 0. The first-order chi connectivity index (χ1) is 16.3. The summed E-state index contributed by atoms with van der Waals surface area (Å²) in [5, 5.41) is 4.25. The van der Waals surface area contributed by atoms with Gasteiger partial charge in [-0.2, -0.15) is 0 Å². The third-order valence-electron chi connectivity index (χ3n) is 5.96. The third-order valence-corrected chi connectivity index (χ3v) is 8.00. The van der Waals surface area contributed by atoms with E-state index in [-0.39, 0.29) is 35.9 Å². The van der Waals surface area contributed by atoms with Crippen molar-refractivity contribution in [1.29, 1.82) is 0 Å². The molecule has 1 fully saturated rings. The molecule has 1 saturated carbocycles. The van der Waals surface area contributed by atoms with Crippen LogP contribution in [-0.4, -0.2) is 34.6 Å². The molecule has 0 radical (unpaired) electrons. The lowest BCUT2D eigenvalue weighted by Gasteiger charge is -2.31. The molecule has 34 heavy (non-hydrogen) atoms. The van der Waals surface area contributed by atoms with Gasteiger partial charge >= 0.3 is 0 Å². The molecular formula is C25H28Cl3FN2O2S. The Balaban J connectivity index is 1.75. The van der Waals surface area contributed by atoms with E-state index in [1.165, 1.54) is 17.8 Å². The van der Waals surface area contributed by atoms with Crippen LogP contribution in [0.25, 0.3) is 0 Å². The highest BCUT2D eigenvalue weighted by Crippen LogP contribution is 2.27. The SMILES string of the molecule is CC[C@@H](C(=O)NC1CCCC1)N(Cc1ccc(Cl)c(Cl)c1)C(=O)CSCc1c(F)cccc1Cl. The zero-order chi connectivity index (χ0) is 24.7. The number of carbonyl (C=O) groups excluding carboxylic acids is 2. The molecule has 2 amide bonds. The van der Waals surface area contributed by atoms with E-state index in [1.807, 2.05) is 6.92 Å². The zero-order valence-electron chi connectivity index (χ0n) is 19.0. The van der Waals surface area contributed by atoms with Crippen LogP contribution in [0, 0.1) is 5.82 Å². The monoisotopic (exact) mass is 544 g/mol. The van der Waals surface area contributed by atoms with E-state index < -0.39 is 11.9 Å². The number of nitrogens with one attached hydrogen (secondary N) is 1. The van der Waals surface area contributed by atoms with Gasteiger partial charge in [0.1, 0.15) is 11.9 Å². The summed E-state index contributed by atoms with van der Waals surface area (Å²) in [6, 6.07) is 9.22. The molecule has 1 N–H and O–H groups in total. The molecule has 9 heteroatoms. The molecule has 3 rings (SSSR count). The molecule has 0 saturated heterocycles. The Bertz CT molecular complexity index is 997. The van der Waals surface area contributed by atoms with Crippen LogP contribution in [0.1, 0.15) is 50.2 Å². The van der Waals surface area contributed by atoms with Crippen LogP contribution in [0.2, 0.25) is 15.1 Å². The van der Waals surface area contributed by atoms with Crippen LogP contribution in [0.15, 0.2) is 36.4 Å². The number of hydrogen-bond acceptors (Lipinski definition) is 3. The van der Waals surface area contributed by atoms with Gasteiger partial charge in [0.05, 0.1) is 15.8 Å². The Morgan fingerprint density at radius 2 is 1.85 bits per heavy atom. The van der Waals surface area contributed by atoms with Gasteiger partial charge in [0.15, 0.2) is 0 Å². The lowest BCUT2D eigenvalue weighted by Crippen LogP contribution is -2.51. The van der Waals surface area contributed by atoms with Gasteiger partial charge in [0, 0.05) is 28.9 Å². The number of hydrogen-bond donors (Lipinski definition) is 1. The number of amides is 2. The van der Waals surface area contributed by atoms with Crippen LogP contribution in [0.5, 0.6) is 0 Å². The average Bonchev–Trinajstić information content (AvgIpc) is 3.31. The minimum absolute atomic E-state index is 0.0825. The van der Waals surface area contributed by atoms with E-state index in [1.54, 1.807) is 35.2 Å². The second-order valence-corrected chi connectivity index (χ2v) is 10.6. The van der Waals surface area contributed by atoms with Gasteiger partial charge in [-0.3, -0.25) is 9.59 Å². The second-order valence-electron chi connectivity index (χ2n) is 8.38. The smallest absolute Gasteiger partial charge is 0.243 e. The van der Waals surface area contributed by atoms with Crippen LogP contribution >= 0.6 is 46.6 Å². The quantitative estimate of drug-likeness (QED) is 0.354. The van der Waals surface area contributed by atoms with E-state index >= 15 is 0 Å². The highest BCUT2D eigenvalue weighted by Gasteiger charge is 2.30. The van der Waals surface area contributed by atoms with Crippen molar-refractivity contribution >= 4 is 58.4 Å². The molecule has 0 heterocycles. The summed E-state index contributed by atoms with van der Waals surface area (Å²) in [4.78, 5) is 28.1. The number of rotatable bonds is 10. The largest absolute Gasteiger partial charge is 0.352 e. The average molecular weight is 546 g/mol.